The summed E-state index contributed by atoms with van der Waals surface area (Å²) in [4.78, 5) is 0. The second-order valence-electron chi connectivity index (χ2n) is 2.99. The third-order valence-electron chi connectivity index (χ3n) is 1.98. The van der Waals surface area contributed by atoms with Gasteiger partial charge in [0.05, 0.1) is 12.6 Å². The molecule has 0 bridgehead atoms. The van der Waals surface area contributed by atoms with Crippen LogP contribution in [0, 0.1) is 12.3 Å². The molecular formula is C9H15NO. The molecule has 0 amide bonds. The van der Waals surface area contributed by atoms with Crippen LogP contribution in [0.5, 0.6) is 0 Å². The van der Waals surface area contributed by atoms with Crippen molar-refractivity contribution in [2.24, 2.45) is 0 Å². The highest BCUT2D eigenvalue weighted by Gasteiger charge is 2.17. The summed E-state index contributed by atoms with van der Waals surface area (Å²) in [5, 5.41) is 3.29. The lowest BCUT2D eigenvalue weighted by atomic mass is 10.0. The smallest absolute Gasteiger partial charge is 0.0575 e. The van der Waals surface area contributed by atoms with E-state index in [1.165, 1.54) is 0 Å². The van der Waals surface area contributed by atoms with Crippen molar-refractivity contribution in [1.29, 1.82) is 0 Å². The highest BCUT2D eigenvalue weighted by atomic mass is 16.5. The SMILES string of the molecule is C#CCNC1CCOC(C)C1. The Morgan fingerprint density at radius 1 is 1.73 bits per heavy atom. The molecule has 1 aliphatic heterocycles. The highest BCUT2D eigenvalue weighted by Crippen LogP contribution is 2.12. The number of terminal acetylenes is 1. The predicted molar refractivity (Wildman–Crippen MR) is 45.3 cm³/mol. The molecule has 0 saturated carbocycles. The minimum absolute atomic E-state index is 0.388. The molecule has 2 heteroatoms. The first-order valence-electron chi connectivity index (χ1n) is 4.11. The Hall–Kier alpha value is -0.520. The Morgan fingerprint density at radius 2 is 2.55 bits per heavy atom. The summed E-state index contributed by atoms with van der Waals surface area (Å²) < 4.78 is 5.40. The van der Waals surface area contributed by atoms with E-state index in [9.17, 15) is 0 Å². The molecule has 2 atom stereocenters. The number of ether oxygens (including phenoxy) is 1. The molecule has 62 valence electrons. The van der Waals surface area contributed by atoms with Crippen LogP contribution in [0.2, 0.25) is 0 Å². The Labute approximate surface area is 68.3 Å². The number of hydrogen-bond acceptors (Lipinski definition) is 2. The van der Waals surface area contributed by atoms with E-state index in [1.807, 2.05) is 0 Å². The van der Waals surface area contributed by atoms with Gasteiger partial charge in [0.25, 0.3) is 0 Å². The number of nitrogens with one attached hydrogen (secondary N) is 1. The van der Waals surface area contributed by atoms with Crippen molar-refractivity contribution in [2.45, 2.75) is 31.9 Å². The fourth-order valence-electron chi connectivity index (χ4n) is 1.39. The second kappa shape index (κ2) is 4.38. The molecule has 1 fully saturated rings. The van der Waals surface area contributed by atoms with Crippen LogP contribution >= 0.6 is 0 Å². The van der Waals surface area contributed by atoms with E-state index in [4.69, 9.17) is 11.2 Å². The zero-order valence-corrected chi connectivity index (χ0v) is 6.97. The Balaban J connectivity index is 2.18. The first kappa shape index (κ1) is 8.58. The highest BCUT2D eigenvalue weighted by molar-refractivity contribution is 4.89. The molecule has 0 radical (unpaired) electrons. The van der Waals surface area contributed by atoms with Gasteiger partial charge in [-0.05, 0) is 19.8 Å². The van der Waals surface area contributed by atoms with Crippen LogP contribution in [-0.2, 0) is 4.74 Å². The van der Waals surface area contributed by atoms with Gasteiger partial charge in [0.2, 0.25) is 0 Å². The predicted octanol–water partition coefficient (Wildman–Crippen LogP) is 0.777. The molecule has 0 aliphatic carbocycles. The molecule has 1 saturated heterocycles. The standard InChI is InChI=1S/C9H15NO/c1-3-5-10-9-4-6-11-8(2)7-9/h1,8-10H,4-7H2,2H3. The van der Waals surface area contributed by atoms with Crippen LogP contribution in [-0.4, -0.2) is 25.3 Å². The summed E-state index contributed by atoms with van der Waals surface area (Å²) in [5.41, 5.74) is 0. The maximum absolute atomic E-state index is 5.40. The molecule has 11 heavy (non-hydrogen) atoms. The third-order valence-corrected chi connectivity index (χ3v) is 1.98. The van der Waals surface area contributed by atoms with Crippen molar-refractivity contribution in [1.82, 2.24) is 5.32 Å². The summed E-state index contributed by atoms with van der Waals surface area (Å²) in [6, 6.07) is 0.565. The molecule has 0 aromatic heterocycles. The molecule has 0 aromatic rings. The summed E-state index contributed by atoms with van der Waals surface area (Å²) in [6.07, 6.45) is 7.70. The zero-order valence-electron chi connectivity index (χ0n) is 6.97. The molecule has 1 heterocycles. The quantitative estimate of drug-likeness (QED) is 0.592. The van der Waals surface area contributed by atoms with Crippen molar-refractivity contribution >= 4 is 0 Å². The topological polar surface area (TPSA) is 21.3 Å². The molecule has 1 aliphatic rings. The van der Waals surface area contributed by atoms with Gasteiger partial charge in [-0.15, -0.1) is 6.42 Å². The van der Waals surface area contributed by atoms with Crippen LogP contribution in [0.25, 0.3) is 0 Å². The normalized spacial score (nSPS) is 31.3. The van der Waals surface area contributed by atoms with E-state index in [1.54, 1.807) is 0 Å². The van der Waals surface area contributed by atoms with E-state index in [-0.39, 0.29) is 0 Å². The first-order chi connectivity index (χ1) is 5.33. The average Bonchev–Trinajstić information content (AvgIpc) is 2.01. The Kier molecular flexibility index (Phi) is 3.41. The van der Waals surface area contributed by atoms with Crippen LogP contribution < -0.4 is 5.32 Å². The minimum atomic E-state index is 0.388. The van der Waals surface area contributed by atoms with E-state index < -0.39 is 0 Å². The van der Waals surface area contributed by atoms with Crippen LogP contribution in [0.1, 0.15) is 19.8 Å². The van der Waals surface area contributed by atoms with Crippen molar-refractivity contribution in [2.75, 3.05) is 13.2 Å². The van der Waals surface area contributed by atoms with Crippen molar-refractivity contribution in [3.63, 3.8) is 0 Å². The van der Waals surface area contributed by atoms with Gasteiger partial charge in [-0.3, -0.25) is 0 Å². The van der Waals surface area contributed by atoms with Gasteiger partial charge in [-0.2, -0.15) is 0 Å². The Morgan fingerprint density at radius 3 is 3.18 bits per heavy atom. The molecule has 2 unspecified atom stereocenters. The zero-order chi connectivity index (χ0) is 8.10. The largest absolute Gasteiger partial charge is 0.378 e. The van der Waals surface area contributed by atoms with Crippen LogP contribution in [0.3, 0.4) is 0 Å². The first-order valence-corrected chi connectivity index (χ1v) is 4.11. The van der Waals surface area contributed by atoms with Crippen LogP contribution in [0.15, 0.2) is 0 Å². The van der Waals surface area contributed by atoms with Gasteiger partial charge in [-0.25, -0.2) is 0 Å². The molecule has 0 spiro atoms. The molecule has 0 aromatic carbocycles. The number of hydrogen-bond donors (Lipinski definition) is 1. The lowest BCUT2D eigenvalue weighted by Crippen LogP contribution is -2.38. The van der Waals surface area contributed by atoms with Crippen LogP contribution in [0.4, 0.5) is 0 Å². The molecule has 2 nitrogen and oxygen atoms in total. The molecule has 1 rings (SSSR count). The third kappa shape index (κ3) is 2.92. The average molecular weight is 153 g/mol. The number of rotatable bonds is 2. The fourth-order valence-corrected chi connectivity index (χ4v) is 1.39. The van der Waals surface area contributed by atoms with Gasteiger partial charge < -0.3 is 10.1 Å². The maximum Gasteiger partial charge on any atom is 0.0575 e. The summed E-state index contributed by atoms with van der Waals surface area (Å²) >= 11 is 0. The van der Waals surface area contributed by atoms with Gasteiger partial charge in [0.1, 0.15) is 0 Å². The van der Waals surface area contributed by atoms with Crippen molar-refractivity contribution in [3.8, 4) is 12.3 Å². The van der Waals surface area contributed by atoms with Crippen molar-refractivity contribution in [3.05, 3.63) is 0 Å². The van der Waals surface area contributed by atoms with E-state index in [0.29, 0.717) is 18.7 Å². The second-order valence-corrected chi connectivity index (χ2v) is 2.99. The fraction of sp³-hybridized carbons (Fsp3) is 0.778. The van der Waals surface area contributed by atoms with E-state index >= 15 is 0 Å². The van der Waals surface area contributed by atoms with Gasteiger partial charge in [-0.1, -0.05) is 5.92 Å². The lowest BCUT2D eigenvalue weighted by molar-refractivity contribution is 0.0141. The maximum atomic E-state index is 5.40. The Bertz CT molecular complexity index is 150. The van der Waals surface area contributed by atoms with Gasteiger partial charge in [0, 0.05) is 12.6 Å². The molecule has 1 N–H and O–H groups in total. The van der Waals surface area contributed by atoms with E-state index in [0.717, 1.165) is 19.4 Å². The summed E-state index contributed by atoms with van der Waals surface area (Å²) in [7, 11) is 0. The van der Waals surface area contributed by atoms with E-state index in [2.05, 4.69) is 18.2 Å². The summed E-state index contributed by atoms with van der Waals surface area (Å²) in [6.45, 7) is 3.64. The van der Waals surface area contributed by atoms with Gasteiger partial charge in [0.15, 0.2) is 0 Å². The van der Waals surface area contributed by atoms with Gasteiger partial charge >= 0.3 is 0 Å². The lowest BCUT2D eigenvalue weighted by Gasteiger charge is -2.27. The van der Waals surface area contributed by atoms with Crippen molar-refractivity contribution < 1.29 is 4.74 Å². The minimum Gasteiger partial charge on any atom is -0.378 e. The monoisotopic (exact) mass is 153 g/mol. The molecular weight excluding hydrogens is 138 g/mol. The summed E-state index contributed by atoms with van der Waals surface area (Å²) in [5.74, 6) is 2.58.